The Morgan fingerprint density at radius 1 is 1.48 bits per heavy atom. The summed E-state index contributed by atoms with van der Waals surface area (Å²) < 4.78 is 6.29. The van der Waals surface area contributed by atoms with E-state index in [0.717, 1.165) is 36.5 Å². The number of aromatic nitrogens is 1. The second-order valence-corrected chi connectivity index (χ2v) is 6.99. The molecule has 1 aromatic rings. The fourth-order valence-electron chi connectivity index (χ4n) is 2.40. The maximum Gasteiger partial charge on any atom is 0.133 e. The Hall–Kier alpha value is -0.650. The summed E-state index contributed by atoms with van der Waals surface area (Å²) in [5.74, 6) is 1.76. The molecule has 0 spiro atoms. The van der Waals surface area contributed by atoms with Crippen molar-refractivity contribution in [2.75, 3.05) is 31.7 Å². The number of nitrogens with one attached hydrogen (secondary N) is 1. The van der Waals surface area contributed by atoms with Crippen LogP contribution >= 0.6 is 15.9 Å². The molecule has 0 aromatic carbocycles. The highest BCUT2D eigenvalue weighted by Gasteiger charge is 2.31. The lowest BCUT2D eigenvalue weighted by Crippen LogP contribution is -2.32. The van der Waals surface area contributed by atoms with E-state index >= 15 is 0 Å². The second kappa shape index (κ2) is 8.11. The zero-order valence-electron chi connectivity index (χ0n) is 13.2. The van der Waals surface area contributed by atoms with E-state index < -0.39 is 0 Å². The summed E-state index contributed by atoms with van der Waals surface area (Å²) >= 11 is 3.54. The lowest BCUT2D eigenvalue weighted by Gasteiger charge is -2.26. The van der Waals surface area contributed by atoms with Crippen LogP contribution in [0.25, 0.3) is 0 Å². The number of nitrogens with zero attached hydrogens (tertiary/aromatic N) is 2. The second-order valence-electron chi connectivity index (χ2n) is 6.08. The number of halogens is 1. The molecule has 0 atom stereocenters. The van der Waals surface area contributed by atoms with Crippen molar-refractivity contribution in [3.63, 3.8) is 0 Å². The highest BCUT2D eigenvalue weighted by Crippen LogP contribution is 2.33. The molecule has 21 heavy (non-hydrogen) atoms. The van der Waals surface area contributed by atoms with Gasteiger partial charge in [-0.15, -0.1) is 0 Å². The Morgan fingerprint density at radius 2 is 2.24 bits per heavy atom. The molecular formula is C16H26BrN3O. The highest BCUT2D eigenvalue weighted by atomic mass is 79.9. The number of rotatable bonds is 9. The van der Waals surface area contributed by atoms with Crippen LogP contribution < -0.4 is 10.2 Å². The first-order chi connectivity index (χ1) is 10.1. The van der Waals surface area contributed by atoms with E-state index in [1.165, 1.54) is 18.4 Å². The fourth-order valence-corrected chi connectivity index (χ4v) is 2.77. The molecule has 118 valence electrons. The van der Waals surface area contributed by atoms with Crippen LogP contribution in [0.3, 0.4) is 0 Å². The lowest BCUT2D eigenvalue weighted by atomic mass is 10.2. The van der Waals surface area contributed by atoms with E-state index in [1.54, 1.807) is 7.11 Å². The van der Waals surface area contributed by atoms with Gasteiger partial charge in [0.15, 0.2) is 0 Å². The van der Waals surface area contributed by atoms with E-state index in [1.807, 2.05) is 6.20 Å². The predicted octanol–water partition coefficient (Wildman–Crippen LogP) is 3.20. The van der Waals surface area contributed by atoms with Crippen LogP contribution in [0.4, 0.5) is 5.82 Å². The topological polar surface area (TPSA) is 37.4 Å². The minimum Gasteiger partial charge on any atom is -0.383 e. The Bertz CT molecular complexity index is 449. The van der Waals surface area contributed by atoms with E-state index in [-0.39, 0.29) is 0 Å². The molecule has 1 aliphatic carbocycles. The highest BCUT2D eigenvalue weighted by molar-refractivity contribution is 9.10. The molecule has 1 saturated carbocycles. The van der Waals surface area contributed by atoms with Gasteiger partial charge in [-0.05, 0) is 47.3 Å². The summed E-state index contributed by atoms with van der Waals surface area (Å²) in [6, 6.07) is 2.82. The molecule has 0 saturated heterocycles. The van der Waals surface area contributed by atoms with Gasteiger partial charge in [0, 0.05) is 42.5 Å². The van der Waals surface area contributed by atoms with Gasteiger partial charge in [0.25, 0.3) is 0 Å². The molecule has 0 bridgehead atoms. The summed E-state index contributed by atoms with van der Waals surface area (Å²) in [6.45, 7) is 7.98. The van der Waals surface area contributed by atoms with Gasteiger partial charge in [0.05, 0.1) is 6.61 Å². The zero-order chi connectivity index (χ0) is 15.2. The van der Waals surface area contributed by atoms with Crippen LogP contribution in [0.2, 0.25) is 0 Å². The van der Waals surface area contributed by atoms with Gasteiger partial charge in [-0.2, -0.15) is 0 Å². The van der Waals surface area contributed by atoms with Crippen molar-refractivity contribution in [2.24, 2.45) is 5.92 Å². The molecule has 1 N–H and O–H groups in total. The first kappa shape index (κ1) is 16.7. The third kappa shape index (κ3) is 5.24. The third-order valence-corrected chi connectivity index (χ3v) is 4.01. The summed E-state index contributed by atoms with van der Waals surface area (Å²) in [6.07, 6.45) is 4.42. The van der Waals surface area contributed by atoms with Gasteiger partial charge in [0.1, 0.15) is 5.82 Å². The standard InChI is InChI=1S/C16H26BrN3O/c1-12(2)9-18-10-13-8-14(17)11-19-16(13)20(6-7-21-3)15-4-5-15/h8,11-12,15,18H,4-7,9-10H2,1-3H3. The lowest BCUT2D eigenvalue weighted by molar-refractivity contribution is 0.204. The average Bonchev–Trinajstić information content (AvgIpc) is 3.25. The first-order valence-corrected chi connectivity index (χ1v) is 8.51. The number of methoxy groups -OCH3 is 1. The minimum absolute atomic E-state index is 0.637. The van der Waals surface area contributed by atoms with Crippen LogP contribution in [-0.4, -0.2) is 37.8 Å². The number of hydrogen-bond acceptors (Lipinski definition) is 4. The van der Waals surface area contributed by atoms with E-state index in [0.29, 0.717) is 12.0 Å². The van der Waals surface area contributed by atoms with Crippen LogP contribution in [0.5, 0.6) is 0 Å². The Kier molecular flexibility index (Phi) is 6.45. The van der Waals surface area contributed by atoms with E-state index in [4.69, 9.17) is 4.74 Å². The average molecular weight is 356 g/mol. The van der Waals surface area contributed by atoms with Crippen molar-refractivity contribution in [1.29, 1.82) is 0 Å². The number of ether oxygens (including phenoxy) is 1. The molecule has 0 amide bonds. The van der Waals surface area contributed by atoms with Crippen molar-refractivity contribution in [3.8, 4) is 0 Å². The Balaban J connectivity index is 2.11. The van der Waals surface area contributed by atoms with Gasteiger partial charge in [0.2, 0.25) is 0 Å². The number of anilines is 1. The largest absolute Gasteiger partial charge is 0.383 e. The van der Waals surface area contributed by atoms with Crippen LogP contribution in [0.1, 0.15) is 32.3 Å². The first-order valence-electron chi connectivity index (χ1n) is 7.72. The van der Waals surface area contributed by atoms with Gasteiger partial charge >= 0.3 is 0 Å². The van der Waals surface area contributed by atoms with Crippen molar-refractivity contribution in [1.82, 2.24) is 10.3 Å². The predicted molar refractivity (Wildman–Crippen MR) is 90.7 cm³/mol. The number of pyridine rings is 1. The normalized spacial score (nSPS) is 14.7. The quantitative estimate of drug-likeness (QED) is 0.737. The monoisotopic (exact) mass is 355 g/mol. The molecule has 0 unspecified atom stereocenters. The van der Waals surface area contributed by atoms with Crippen molar-refractivity contribution in [2.45, 2.75) is 39.3 Å². The molecule has 1 aliphatic rings. The van der Waals surface area contributed by atoms with Crippen LogP contribution in [0, 0.1) is 5.92 Å². The van der Waals surface area contributed by atoms with Crippen molar-refractivity contribution in [3.05, 3.63) is 22.3 Å². The summed E-state index contributed by atoms with van der Waals surface area (Å²) in [7, 11) is 1.76. The minimum atomic E-state index is 0.637. The van der Waals surface area contributed by atoms with Crippen LogP contribution in [0.15, 0.2) is 16.7 Å². The third-order valence-electron chi connectivity index (χ3n) is 3.57. The molecule has 0 radical (unpaired) electrons. The smallest absolute Gasteiger partial charge is 0.133 e. The SMILES string of the molecule is COCCN(c1ncc(Br)cc1CNCC(C)C)C1CC1. The van der Waals surface area contributed by atoms with Gasteiger partial charge < -0.3 is 15.0 Å². The molecule has 2 rings (SSSR count). The molecule has 0 aliphatic heterocycles. The molecular weight excluding hydrogens is 330 g/mol. The van der Waals surface area contributed by atoms with Gasteiger partial charge in [-0.3, -0.25) is 0 Å². The molecule has 1 heterocycles. The van der Waals surface area contributed by atoms with E-state index in [9.17, 15) is 0 Å². The van der Waals surface area contributed by atoms with Gasteiger partial charge in [-0.25, -0.2) is 4.98 Å². The summed E-state index contributed by atoms with van der Waals surface area (Å²) in [5.41, 5.74) is 1.26. The van der Waals surface area contributed by atoms with Crippen molar-refractivity contribution < 1.29 is 4.74 Å². The number of hydrogen-bond donors (Lipinski definition) is 1. The molecule has 5 heteroatoms. The Labute approximate surface area is 136 Å². The van der Waals surface area contributed by atoms with Crippen molar-refractivity contribution >= 4 is 21.7 Å². The molecule has 1 aromatic heterocycles. The van der Waals surface area contributed by atoms with Crippen LogP contribution in [-0.2, 0) is 11.3 Å². The van der Waals surface area contributed by atoms with Gasteiger partial charge in [-0.1, -0.05) is 13.8 Å². The fraction of sp³-hybridized carbons (Fsp3) is 0.688. The summed E-state index contributed by atoms with van der Waals surface area (Å²) in [4.78, 5) is 7.08. The molecule has 4 nitrogen and oxygen atoms in total. The zero-order valence-corrected chi connectivity index (χ0v) is 14.8. The Morgan fingerprint density at radius 3 is 2.86 bits per heavy atom. The maximum absolute atomic E-state index is 5.25. The summed E-state index contributed by atoms with van der Waals surface area (Å²) in [5, 5.41) is 3.52. The van der Waals surface area contributed by atoms with E-state index in [2.05, 4.69) is 51.0 Å². The molecule has 1 fully saturated rings. The maximum atomic E-state index is 5.25.